The number of unbranched alkanes of at least 4 members (excludes halogenated alkanes) is 1. The summed E-state index contributed by atoms with van der Waals surface area (Å²) in [4.78, 5) is 11.7. The highest BCUT2D eigenvalue weighted by molar-refractivity contribution is 5.75. The Morgan fingerprint density at radius 3 is 1.74 bits per heavy atom. The summed E-state index contributed by atoms with van der Waals surface area (Å²) in [6.07, 6.45) is 5.77. The van der Waals surface area contributed by atoms with Crippen molar-refractivity contribution >= 4 is 5.91 Å². The van der Waals surface area contributed by atoms with Gasteiger partial charge in [-0.1, -0.05) is 48.0 Å². The monoisotopic (exact) mass is 387 g/mol. The molecule has 27 heavy (non-hydrogen) atoms. The summed E-state index contributed by atoms with van der Waals surface area (Å²) in [6, 6.07) is 0. The fraction of sp³-hybridized carbons (Fsp3) is 0.955. The van der Waals surface area contributed by atoms with E-state index in [-0.39, 0.29) is 5.91 Å². The van der Waals surface area contributed by atoms with Gasteiger partial charge in [-0.15, -0.1) is 0 Å². The molecular formula is C22H45NO4. The Morgan fingerprint density at radius 2 is 1.19 bits per heavy atom. The van der Waals surface area contributed by atoms with Crippen LogP contribution in [0.15, 0.2) is 0 Å². The van der Waals surface area contributed by atoms with Crippen molar-refractivity contribution < 1.29 is 19.0 Å². The van der Waals surface area contributed by atoms with Crippen molar-refractivity contribution in [2.75, 3.05) is 46.2 Å². The summed E-state index contributed by atoms with van der Waals surface area (Å²) < 4.78 is 16.5. The molecule has 1 amide bonds. The van der Waals surface area contributed by atoms with Crippen LogP contribution in [0.2, 0.25) is 0 Å². The first-order valence-corrected chi connectivity index (χ1v) is 10.6. The van der Waals surface area contributed by atoms with Crippen molar-refractivity contribution in [3.63, 3.8) is 0 Å². The molecule has 1 N–H and O–H groups in total. The number of hydrogen-bond donors (Lipinski definition) is 1. The minimum Gasteiger partial charge on any atom is -0.379 e. The SMILES string of the molecule is CC(C)(C)CCCCC(=O)NCCCOCCOCCOCCC(C)(C)C. The third kappa shape index (κ3) is 23.3. The second-order valence-electron chi connectivity index (χ2n) is 9.62. The number of amides is 1. The van der Waals surface area contributed by atoms with Crippen LogP contribution >= 0.6 is 0 Å². The van der Waals surface area contributed by atoms with Crippen LogP contribution in [-0.4, -0.2) is 52.1 Å². The van der Waals surface area contributed by atoms with E-state index in [1.165, 1.54) is 6.42 Å². The number of carbonyl (C=O) groups excluding carboxylic acids is 1. The van der Waals surface area contributed by atoms with Crippen molar-refractivity contribution in [1.29, 1.82) is 0 Å². The Hall–Kier alpha value is -0.650. The number of rotatable bonds is 16. The van der Waals surface area contributed by atoms with Crippen molar-refractivity contribution in [2.24, 2.45) is 10.8 Å². The van der Waals surface area contributed by atoms with Gasteiger partial charge in [-0.05, 0) is 36.5 Å². The van der Waals surface area contributed by atoms with Crippen molar-refractivity contribution in [2.45, 2.75) is 80.1 Å². The molecule has 0 heterocycles. The van der Waals surface area contributed by atoms with E-state index < -0.39 is 0 Å². The van der Waals surface area contributed by atoms with E-state index in [2.05, 4.69) is 46.9 Å². The van der Waals surface area contributed by atoms with E-state index >= 15 is 0 Å². The van der Waals surface area contributed by atoms with E-state index in [1.807, 2.05) is 0 Å². The second kappa shape index (κ2) is 15.3. The zero-order valence-corrected chi connectivity index (χ0v) is 18.8. The lowest BCUT2D eigenvalue weighted by molar-refractivity contribution is -0.121. The molecule has 0 saturated carbocycles. The van der Waals surface area contributed by atoms with Crippen LogP contribution in [-0.2, 0) is 19.0 Å². The minimum absolute atomic E-state index is 0.152. The summed E-state index contributed by atoms with van der Waals surface area (Å²) in [5.74, 6) is 0.152. The maximum atomic E-state index is 11.7. The number of ether oxygens (including phenoxy) is 3. The molecule has 0 aromatic rings. The molecule has 0 bridgehead atoms. The fourth-order valence-electron chi connectivity index (χ4n) is 2.35. The summed E-state index contributed by atoms with van der Waals surface area (Å²) in [5, 5.41) is 2.95. The largest absolute Gasteiger partial charge is 0.379 e. The molecule has 0 atom stereocenters. The third-order valence-electron chi connectivity index (χ3n) is 4.11. The van der Waals surface area contributed by atoms with Gasteiger partial charge in [-0.3, -0.25) is 4.79 Å². The van der Waals surface area contributed by atoms with Gasteiger partial charge >= 0.3 is 0 Å². The molecule has 0 saturated heterocycles. The van der Waals surface area contributed by atoms with Crippen molar-refractivity contribution in [3.8, 4) is 0 Å². The molecule has 0 unspecified atom stereocenters. The summed E-state index contributed by atoms with van der Waals surface area (Å²) >= 11 is 0. The highest BCUT2D eigenvalue weighted by atomic mass is 16.5. The van der Waals surface area contributed by atoms with Crippen LogP contribution in [0.3, 0.4) is 0 Å². The first-order chi connectivity index (χ1) is 12.6. The van der Waals surface area contributed by atoms with Crippen LogP contribution < -0.4 is 5.32 Å². The van der Waals surface area contributed by atoms with Gasteiger partial charge < -0.3 is 19.5 Å². The first-order valence-electron chi connectivity index (χ1n) is 10.6. The van der Waals surface area contributed by atoms with E-state index in [4.69, 9.17) is 14.2 Å². The van der Waals surface area contributed by atoms with Gasteiger partial charge in [0.05, 0.1) is 26.4 Å². The molecule has 0 radical (unpaired) electrons. The molecule has 162 valence electrons. The summed E-state index contributed by atoms with van der Waals surface area (Å²) in [5.41, 5.74) is 0.678. The Bertz CT molecular complexity index is 358. The molecule has 0 aliphatic carbocycles. The zero-order chi connectivity index (χ0) is 20.6. The predicted octanol–water partition coefficient (Wildman–Crippen LogP) is 4.59. The molecule has 5 nitrogen and oxygen atoms in total. The number of nitrogens with one attached hydrogen (secondary N) is 1. The smallest absolute Gasteiger partial charge is 0.219 e. The lowest BCUT2D eigenvalue weighted by atomic mass is 9.89. The van der Waals surface area contributed by atoms with Crippen LogP contribution in [0.4, 0.5) is 0 Å². The molecule has 0 spiro atoms. The van der Waals surface area contributed by atoms with Crippen LogP contribution in [0.5, 0.6) is 0 Å². The standard InChI is InChI=1S/C22H45NO4/c1-21(2,3)11-8-7-10-20(24)23-13-9-14-25-16-18-27-19-17-26-15-12-22(4,5)6/h7-19H2,1-6H3,(H,23,24). The molecular weight excluding hydrogens is 342 g/mol. The average Bonchev–Trinajstić information content (AvgIpc) is 2.54. The Kier molecular flexibility index (Phi) is 14.9. The summed E-state index contributed by atoms with van der Waals surface area (Å²) in [7, 11) is 0. The highest BCUT2D eigenvalue weighted by Gasteiger charge is 2.10. The third-order valence-corrected chi connectivity index (χ3v) is 4.11. The van der Waals surface area contributed by atoms with Crippen LogP contribution in [0.1, 0.15) is 80.1 Å². The number of carbonyl (C=O) groups is 1. The van der Waals surface area contributed by atoms with E-state index in [1.54, 1.807) is 0 Å². The second-order valence-corrected chi connectivity index (χ2v) is 9.62. The van der Waals surface area contributed by atoms with Gasteiger partial charge in [-0.25, -0.2) is 0 Å². The van der Waals surface area contributed by atoms with Gasteiger partial charge in [0.25, 0.3) is 0 Å². The lowest BCUT2D eigenvalue weighted by Crippen LogP contribution is -2.25. The first kappa shape index (κ1) is 26.4. The molecule has 0 fully saturated rings. The Labute approximate surface area is 167 Å². The van der Waals surface area contributed by atoms with Crippen LogP contribution in [0.25, 0.3) is 0 Å². The van der Waals surface area contributed by atoms with Gasteiger partial charge in [-0.2, -0.15) is 0 Å². The fourth-order valence-corrected chi connectivity index (χ4v) is 2.35. The molecule has 0 aliphatic heterocycles. The normalized spacial score (nSPS) is 12.4. The Morgan fingerprint density at radius 1 is 0.667 bits per heavy atom. The van der Waals surface area contributed by atoms with Crippen molar-refractivity contribution in [3.05, 3.63) is 0 Å². The van der Waals surface area contributed by atoms with E-state index in [0.717, 1.165) is 32.3 Å². The van der Waals surface area contributed by atoms with Gasteiger partial charge in [0, 0.05) is 26.2 Å². The predicted molar refractivity (Wildman–Crippen MR) is 112 cm³/mol. The van der Waals surface area contributed by atoms with E-state index in [0.29, 0.717) is 56.8 Å². The topological polar surface area (TPSA) is 56.8 Å². The Balaban J connectivity index is 3.23. The van der Waals surface area contributed by atoms with Crippen molar-refractivity contribution in [1.82, 2.24) is 5.32 Å². The van der Waals surface area contributed by atoms with Gasteiger partial charge in [0.2, 0.25) is 5.91 Å². The summed E-state index contributed by atoms with van der Waals surface area (Å²) in [6.45, 7) is 17.9. The maximum absolute atomic E-state index is 11.7. The highest BCUT2D eigenvalue weighted by Crippen LogP contribution is 2.21. The molecule has 0 aromatic heterocycles. The van der Waals surface area contributed by atoms with Gasteiger partial charge in [0.15, 0.2) is 0 Å². The molecule has 0 rings (SSSR count). The quantitative estimate of drug-likeness (QED) is 0.394. The average molecular weight is 388 g/mol. The molecule has 0 aromatic carbocycles. The van der Waals surface area contributed by atoms with Gasteiger partial charge in [0.1, 0.15) is 0 Å². The molecule has 0 aliphatic rings. The molecule has 5 heteroatoms. The minimum atomic E-state index is 0.152. The number of hydrogen-bond acceptors (Lipinski definition) is 4. The lowest BCUT2D eigenvalue weighted by Gasteiger charge is -2.17. The van der Waals surface area contributed by atoms with E-state index in [9.17, 15) is 4.79 Å². The maximum Gasteiger partial charge on any atom is 0.219 e. The zero-order valence-electron chi connectivity index (χ0n) is 18.8. The van der Waals surface area contributed by atoms with Crippen LogP contribution in [0, 0.1) is 10.8 Å².